The van der Waals surface area contributed by atoms with Gasteiger partial charge in [-0.15, -0.1) is 0 Å². The number of amides is 1. The average molecular weight is 392 g/mol. The Balaban J connectivity index is 1.69. The molecule has 2 aliphatic rings. The average Bonchev–Trinajstić information content (AvgIpc) is 3.17. The highest BCUT2D eigenvalue weighted by Crippen LogP contribution is 2.50. The first kappa shape index (κ1) is 15.9. The van der Waals surface area contributed by atoms with E-state index in [0.717, 1.165) is 40.6 Å². The van der Waals surface area contributed by atoms with E-state index in [1.807, 2.05) is 43.9 Å². The summed E-state index contributed by atoms with van der Waals surface area (Å²) in [5.74, 6) is 1.34. The minimum Gasteiger partial charge on any atom is -0.444 e. The molecule has 1 aliphatic carbocycles. The van der Waals surface area contributed by atoms with Crippen molar-refractivity contribution in [3.63, 3.8) is 0 Å². The van der Waals surface area contributed by atoms with Crippen LogP contribution in [0.25, 0.3) is 11.0 Å². The summed E-state index contributed by atoms with van der Waals surface area (Å²) < 4.78 is 6.67. The second-order valence-corrected chi connectivity index (χ2v) is 8.76. The number of nitrogens with one attached hydrogen (secondary N) is 1. The van der Waals surface area contributed by atoms with Gasteiger partial charge in [-0.25, -0.2) is 9.78 Å². The van der Waals surface area contributed by atoms with E-state index in [1.165, 1.54) is 0 Å². The lowest BCUT2D eigenvalue weighted by Gasteiger charge is -2.35. The smallest absolute Gasteiger partial charge is 0.411 e. The van der Waals surface area contributed by atoms with E-state index in [-0.39, 0.29) is 18.2 Å². The monoisotopic (exact) mass is 391 g/mol. The van der Waals surface area contributed by atoms with Gasteiger partial charge in [0.05, 0.1) is 17.1 Å². The van der Waals surface area contributed by atoms with Crippen molar-refractivity contribution in [2.24, 2.45) is 5.92 Å². The third kappa shape index (κ3) is 2.70. The summed E-state index contributed by atoms with van der Waals surface area (Å²) in [5.41, 5.74) is 1.44. The molecule has 1 aromatic heterocycles. The Bertz CT molecular complexity index is 795. The molecule has 1 N–H and O–H groups in total. The van der Waals surface area contributed by atoms with Crippen LogP contribution in [-0.4, -0.2) is 32.6 Å². The molecule has 1 saturated carbocycles. The molecule has 0 radical (unpaired) electrons. The van der Waals surface area contributed by atoms with Crippen LogP contribution in [0.2, 0.25) is 0 Å². The summed E-state index contributed by atoms with van der Waals surface area (Å²) in [6, 6.07) is 6.26. The van der Waals surface area contributed by atoms with Crippen LogP contribution in [0.5, 0.6) is 0 Å². The fraction of sp³-hybridized carbons (Fsp3) is 0.556. The molecule has 1 amide bonds. The SMILES string of the molecule is CC(C)(C)OC(=O)N1[C@H]2CCC(C2)[C@@H]1c1nc2ccc(Br)cc2[nH]1. The zero-order valence-corrected chi connectivity index (χ0v) is 15.8. The van der Waals surface area contributed by atoms with Crippen LogP contribution in [0, 0.1) is 5.92 Å². The number of benzene rings is 1. The predicted molar refractivity (Wildman–Crippen MR) is 95.7 cm³/mol. The van der Waals surface area contributed by atoms with Gasteiger partial charge in [-0.1, -0.05) is 15.9 Å². The van der Waals surface area contributed by atoms with Crippen molar-refractivity contribution in [3.8, 4) is 0 Å². The first-order chi connectivity index (χ1) is 11.3. The zero-order chi connectivity index (χ0) is 17.1. The normalized spacial score (nSPS) is 26.3. The number of carbonyl (C=O) groups excluding carboxylic acids is 1. The summed E-state index contributed by atoms with van der Waals surface area (Å²) >= 11 is 3.49. The van der Waals surface area contributed by atoms with Crippen molar-refractivity contribution in [2.45, 2.75) is 57.7 Å². The largest absolute Gasteiger partial charge is 0.444 e. The molecule has 2 fully saturated rings. The first-order valence-electron chi connectivity index (χ1n) is 8.48. The Morgan fingerprint density at radius 2 is 2.17 bits per heavy atom. The number of halogens is 1. The molecular weight excluding hydrogens is 370 g/mol. The van der Waals surface area contributed by atoms with Crippen LogP contribution in [-0.2, 0) is 4.74 Å². The van der Waals surface area contributed by atoms with E-state index >= 15 is 0 Å². The third-order valence-corrected chi connectivity index (χ3v) is 5.43. The summed E-state index contributed by atoms with van der Waals surface area (Å²) in [6.45, 7) is 5.73. The van der Waals surface area contributed by atoms with Crippen molar-refractivity contribution in [2.75, 3.05) is 0 Å². The number of nitrogens with zero attached hydrogens (tertiary/aromatic N) is 2. The molecule has 4 rings (SSSR count). The van der Waals surface area contributed by atoms with Crippen molar-refractivity contribution >= 4 is 33.1 Å². The number of aromatic amines is 1. The molecule has 1 unspecified atom stereocenters. The van der Waals surface area contributed by atoms with Gasteiger partial charge in [0.25, 0.3) is 0 Å². The maximum atomic E-state index is 12.8. The molecule has 1 aliphatic heterocycles. The molecule has 24 heavy (non-hydrogen) atoms. The summed E-state index contributed by atoms with van der Waals surface area (Å²) in [5, 5.41) is 0. The Morgan fingerprint density at radius 1 is 1.38 bits per heavy atom. The van der Waals surface area contributed by atoms with Crippen LogP contribution in [0.15, 0.2) is 22.7 Å². The van der Waals surface area contributed by atoms with Crippen molar-refractivity contribution in [3.05, 3.63) is 28.5 Å². The molecule has 3 atom stereocenters. The van der Waals surface area contributed by atoms with Gasteiger partial charge in [-0.3, -0.25) is 4.90 Å². The second kappa shape index (κ2) is 5.48. The number of aromatic nitrogens is 2. The molecule has 2 aromatic rings. The first-order valence-corrected chi connectivity index (χ1v) is 9.27. The molecule has 1 aromatic carbocycles. The highest BCUT2D eigenvalue weighted by atomic mass is 79.9. The fourth-order valence-electron chi connectivity index (χ4n) is 4.06. The lowest BCUT2D eigenvalue weighted by Crippen LogP contribution is -2.43. The van der Waals surface area contributed by atoms with Crippen LogP contribution >= 0.6 is 15.9 Å². The number of likely N-dealkylation sites (tertiary alicyclic amines) is 1. The molecule has 128 valence electrons. The van der Waals surface area contributed by atoms with Gasteiger partial charge in [-0.05, 0) is 64.2 Å². The lowest BCUT2D eigenvalue weighted by molar-refractivity contribution is 0.00623. The van der Waals surface area contributed by atoms with Gasteiger partial charge in [-0.2, -0.15) is 0 Å². The maximum Gasteiger partial charge on any atom is 0.411 e. The van der Waals surface area contributed by atoms with Crippen molar-refractivity contribution < 1.29 is 9.53 Å². The van der Waals surface area contributed by atoms with E-state index in [0.29, 0.717) is 5.92 Å². The predicted octanol–water partition coefficient (Wildman–Crippen LogP) is 4.79. The van der Waals surface area contributed by atoms with Crippen LogP contribution < -0.4 is 0 Å². The number of piperidine rings is 1. The molecule has 5 nitrogen and oxygen atoms in total. The van der Waals surface area contributed by atoms with Crippen LogP contribution in [0.4, 0.5) is 4.79 Å². The third-order valence-electron chi connectivity index (χ3n) is 4.93. The Labute approximate surface area is 149 Å². The van der Waals surface area contributed by atoms with E-state index < -0.39 is 5.60 Å². The van der Waals surface area contributed by atoms with Gasteiger partial charge in [0.2, 0.25) is 0 Å². The Hall–Kier alpha value is -1.56. The Kier molecular flexibility index (Phi) is 3.64. The van der Waals surface area contributed by atoms with Gasteiger partial charge in [0.15, 0.2) is 0 Å². The number of rotatable bonds is 1. The van der Waals surface area contributed by atoms with E-state index in [2.05, 4.69) is 20.9 Å². The zero-order valence-electron chi connectivity index (χ0n) is 14.2. The fourth-order valence-corrected chi connectivity index (χ4v) is 4.42. The van der Waals surface area contributed by atoms with Crippen LogP contribution in [0.3, 0.4) is 0 Å². The van der Waals surface area contributed by atoms with Crippen molar-refractivity contribution in [1.82, 2.24) is 14.9 Å². The molecular formula is C18H22BrN3O2. The number of hydrogen-bond acceptors (Lipinski definition) is 3. The number of imidazole rings is 1. The van der Waals surface area contributed by atoms with Gasteiger partial charge in [0.1, 0.15) is 11.4 Å². The number of fused-ring (bicyclic) bond motifs is 3. The summed E-state index contributed by atoms with van der Waals surface area (Å²) in [7, 11) is 0. The highest BCUT2D eigenvalue weighted by molar-refractivity contribution is 9.10. The van der Waals surface area contributed by atoms with Crippen LogP contribution in [0.1, 0.15) is 51.9 Å². The van der Waals surface area contributed by atoms with E-state index in [1.54, 1.807) is 0 Å². The van der Waals surface area contributed by atoms with Crippen molar-refractivity contribution in [1.29, 1.82) is 0 Å². The molecule has 1 saturated heterocycles. The van der Waals surface area contributed by atoms with Gasteiger partial charge < -0.3 is 9.72 Å². The number of ether oxygens (including phenoxy) is 1. The lowest BCUT2D eigenvalue weighted by atomic mass is 9.98. The van der Waals surface area contributed by atoms with Gasteiger partial charge >= 0.3 is 6.09 Å². The molecule has 2 bridgehead atoms. The maximum absolute atomic E-state index is 12.8. The molecule has 0 spiro atoms. The highest BCUT2D eigenvalue weighted by Gasteiger charge is 2.51. The van der Waals surface area contributed by atoms with E-state index in [4.69, 9.17) is 9.72 Å². The number of H-pyrrole nitrogens is 1. The number of hydrogen-bond donors (Lipinski definition) is 1. The standard InChI is InChI=1S/C18H22BrN3O2/c1-18(2,3)24-17(23)22-12-6-4-10(8-12)15(22)16-20-13-7-5-11(19)9-14(13)21-16/h5,7,9-10,12,15H,4,6,8H2,1-3H3,(H,20,21)/t10?,12-,15+/m0/s1. The summed E-state index contributed by atoms with van der Waals surface area (Å²) in [4.78, 5) is 22.9. The van der Waals surface area contributed by atoms with Gasteiger partial charge in [0, 0.05) is 10.5 Å². The van der Waals surface area contributed by atoms with E-state index in [9.17, 15) is 4.79 Å². The minimum absolute atomic E-state index is 0.00947. The quantitative estimate of drug-likeness (QED) is 0.760. The Morgan fingerprint density at radius 3 is 2.92 bits per heavy atom. The molecule has 2 heterocycles. The number of carbonyl (C=O) groups is 1. The minimum atomic E-state index is -0.484. The molecule has 6 heteroatoms. The second-order valence-electron chi connectivity index (χ2n) is 7.84. The summed E-state index contributed by atoms with van der Waals surface area (Å²) in [6.07, 6.45) is 3.04. The topological polar surface area (TPSA) is 58.2 Å².